The van der Waals surface area contributed by atoms with E-state index in [1.165, 1.54) is 0 Å². The van der Waals surface area contributed by atoms with Crippen molar-refractivity contribution in [2.24, 2.45) is 0 Å². The Morgan fingerprint density at radius 2 is 2.50 bits per heavy atom. The summed E-state index contributed by atoms with van der Waals surface area (Å²) in [6.07, 6.45) is 0.193. The van der Waals surface area contributed by atoms with E-state index >= 15 is 0 Å². The molecule has 1 saturated heterocycles. The van der Waals surface area contributed by atoms with Gasteiger partial charge in [-0.25, -0.2) is 9.78 Å². The molecule has 2 rings (SSSR count). The molecule has 7 heteroatoms. The first-order chi connectivity index (χ1) is 7.70. The highest BCUT2D eigenvalue weighted by atomic mass is 16.5. The molecule has 3 N–H and O–H groups in total. The third-order valence-corrected chi connectivity index (χ3v) is 2.40. The number of rotatable bonds is 3. The summed E-state index contributed by atoms with van der Waals surface area (Å²) in [4.78, 5) is 15.3. The van der Waals surface area contributed by atoms with E-state index in [4.69, 9.17) is 4.74 Å². The van der Waals surface area contributed by atoms with Crippen molar-refractivity contribution < 1.29 is 14.6 Å². The number of carbonyl (C=O) groups is 1. The number of hydrogen-bond acceptors (Lipinski definition) is 6. The summed E-state index contributed by atoms with van der Waals surface area (Å²) in [5, 5.41) is 18.9. The fraction of sp³-hybridized carbons (Fsp3) is 0.667. The van der Waals surface area contributed by atoms with Crippen LogP contribution < -0.4 is 5.32 Å². The topological polar surface area (TPSA) is 100 Å². The molecule has 0 saturated carbocycles. The summed E-state index contributed by atoms with van der Waals surface area (Å²) in [7, 11) is 0. The first-order valence-electron chi connectivity index (χ1n) is 5.21. The number of nitrogens with zero attached hydrogens (tertiary/aromatic N) is 2. The van der Waals surface area contributed by atoms with Crippen molar-refractivity contribution in [3.63, 3.8) is 0 Å². The molecule has 0 aromatic carbocycles. The van der Waals surface area contributed by atoms with E-state index < -0.39 is 5.97 Å². The van der Waals surface area contributed by atoms with Crippen LogP contribution in [0.2, 0.25) is 0 Å². The molecule has 2 atom stereocenters. The molecular weight excluding hydrogens is 212 g/mol. The van der Waals surface area contributed by atoms with Gasteiger partial charge in [-0.05, 0) is 13.3 Å². The summed E-state index contributed by atoms with van der Waals surface area (Å²) in [6.45, 7) is 2.55. The second kappa shape index (κ2) is 4.58. The Hall–Kier alpha value is -1.47. The van der Waals surface area contributed by atoms with Gasteiger partial charge in [0.2, 0.25) is 0 Å². The minimum absolute atomic E-state index is 0.0278. The van der Waals surface area contributed by atoms with Gasteiger partial charge in [0, 0.05) is 6.54 Å². The number of aliphatic hydroxyl groups excluding tert-OH is 1. The molecular formula is C9H14N4O3. The van der Waals surface area contributed by atoms with E-state index in [1.54, 1.807) is 6.92 Å². The Kier molecular flexibility index (Phi) is 3.16. The van der Waals surface area contributed by atoms with Crippen LogP contribution in [-0.4, -0.2) is 45.5 Å². The number of H-pyrrole nitrogens is 1. The molecule has 1 fully saturated rings. The molecule has 1 aromatic heterocycles. The molecule has 0 aliphatic carbocycles. The van der Waals surface area contributed by atoms with Crippen molar-refractivity contribution in [2.75, 3.05) is 13.2 Å². The average molecular weight is 226 g/mol. The average Bonchev–Trinajstić information content (AvgIpc) is 2.85. The van der Waals surface area contributed by atoms with Gasteiger partial charge in [0.25, 0.3) is 5.82 Å². The van der Waals surface area contributed by atoms with E-state index in [1.807, 2.05) is 0 Å². The second-order valence-electron chi connectivity index (χ2n) is 3.62. The fourth-order valence-corrected chi connectivity index (χ4v) is 1.64. The zero-order valence-electron chi connectivity index (χ0n) is 8.93. The van der Waals surface area contributed by atoms with Crippen LogP contribution in [0.3, 0.4) is 0 Å². The number of aromatic nitrogens is 3. The Morgan fingerprint density at radius 1 is 1.69 bits per heavy atom. The van der Waals surface area contributed by atoms with E-state index in [0.29, 0.717) is 25.4 Å². The van der Waals surface area contributed by atoms with E-state index in [9.17, 15) is 9.90 Å². The number of β-amino-alcohol motifs (C(OH)–C–C–N with tert-alkyl or cyclic N) is 1. The number of aliphatic hydroxyl groups is 1. The largest absolute Gasteiger partial charge is 0.460 e. The smallest absolute Gasteiger partial charge is 0.378 e. The van der Waals surface area contributed by atoms with Gasteiger partial charge in [0.1, 0.15) is 5.82 Å². The molecule has 2 unspecified atom stereocenters. The summed E-state index contributed by atoms with van der Waals surface area (Å²) in [5.74, 6) is 0.0446. The summed E-state index contributed by atoms with van der Waals surface area (Å²) in [6, 6.07) is -0.0781. The molecule has 88 valence electrons. The van der Waals surface area contributed by atoms with Crippen molar-refractivity contribution in [1.82, 2.24) is 20.5 Å². The molecule has 1 aliphatic heterocycles. The van der Waals surface area contributed by atoms with Crippen LogP contribution in [0.25, 0.3) is 0 Å². The number of nitrogens with one attached hydrogen (secondary N) is 2. The van der Waals surface area contributed by atoms with E-state index in [2.05, 4.69) is 20.5 Å². The Morgan fingerprint density at radius 3 is 3.12 bits per heavy atom. The lowest BCUT2D eigenvalue weighted by atomic mass is 10.2. The van der Waals surface area contributed by atoms with Gasteiger partial charge in [-0.1, -0.05) is 0 Å². The van der Waals surface area contributed by atoms with Crippen LogP contribution in [0.15, 0.2) is 0 Å². The highest BCUT2D eigenvalue weighted by Crippen LogP contribution is 2.19. The first-order valence-corrected chi connectivity index (χ1v) is 5.21. The molecule has 1 aromatic rings. The third kappa shape index (κ3) is 2.20. The molecule has 7 nitrogen and oxygen atoms in total. The Balaban J connectivity index is 2.04. The van der Waals surface area contributed by atoms with Crippen molar-refractivity contribution in [3.8, 4) is 0 Å². The normalized spacial score (nSPS) is 24.6. The fourth-order valence-electron chi connectivity index (χ4n) is 1.64. The molecule has 16 heavy (non-hydrogen) atoms. The maximum Gasteiger partial charge on any atom is 0.378 e. The van der Waals surface area contributed by atoms with Crippen LogP contribution in [0, 0.1) is 0 Å². The van der Waals surface area contributed by atoms with Gasteiger partial charge in [-0.15, -0.1) is 5.10 Å². The standard InChI is InChI=1S/C9H14N4O3/c1-2-16-9(15)8-11-7(12-13-8)6-3-5(14)4-10-6/h5-6,10,14H,2-4H2,1H3,(H,11,12,13). The molecule has 0 amide bonds. The van der Waals surface area contributed by atoms with E-state index in [-0.39, 0.29) is 18.0 Å². The molecule has 0 radical (unpaired) electrons. The Bertz CT molecular complexity index is 379. The van der Waals surface area contributed by atoms with Crippen LogP contribution in [0.1, 0.15) is 35.8 Å². The van der Waals surface area contributed by atoms with E-state index in [0.717, 1.165) is 0 Å². The summed E-state index contributed by atoms with van der Waals surface area (Å²) < 4.78 is 4.77. The highest BCUT2D eigenvalue weighted by molar-refractivity contribution is 5.84. The number of esters is 1. The number of ether oxygens (including phenoxy) is 1. The van der Waals surface area contributed by atoms with Gasteiger partial charge >= 0.3 is 5.97 Å². The minimum Gasteiger partial charge on any atom is -0.460 e. The number of hydrogen-bond donors (Lipinski definition) is 3. The zero-order chi connectivity index (χ0) is 11.5. The summed E-state index contributed by atoms with van der Waals surface area (Å²) in [5.41, 5.74) is 0. The van der Waals surface area contributed by atoms with Crippen LogP contribution >= 0.6 is 0 Å². The van der Waals surface area contributed by atoms with Gasteiger partial charge in [-0.3, -0.25) is 5.10 Å². The molecule has 0 bridgehead atoms. The quantitative estimate of drug-likeness (QED) is 0.594. The first kappa shape index (κ1) is 11.0. The lowest BCUT2D eigenvalue weighted by molar-refractivity contribution is 0.0512. The maximum absolute atomic E-state index is 11.3. The lowest BCUT2D eigenvalue weighted by Gasteiger charge is -2.03. The second-order valence-corrected chi connectivity index (χ2v) is 3.62. The highest BCUT2D eigenvalue weighted by Gasteiger charge is 2.27. The van der Waals surface area contributed by atoms with Gasteiger partial charge in [0.05, 0.1) is 18.8 Å². The maximum atomic E-state index is 11.3. The third-order valence-electron chi connectivity index (χ3n) is 2.40. The predicted octanol–water partition coefficient (Wildman–Crippen LogP) is -0.623. The van der Waals surface area contributed by atoms with Crippen LogP contribution in [0.4, 0.5) is 0 Å². The number of aromatic amines is 1. The number of carbonyl (C=O) groups excluding carboxylic acids is 1. The van der Waals surface area contributed by atoms with Crippen molar-refractivity contribution in [3.05, 3.63) is 11.6 Å². The van der Waals surface area contributed by atoms with Gasteiger partial charge in [-0.2, -0.15) is 0 Å². The van der Waals surface area contributed by atoms with Crippen LogP contribution in [0.5, 0.6) is 0 Å². The Labute approximate surface area is 92.2 Å². The van der Waals surface area contributed by atoms with Crippen molar-refractivity contribution in [2.45, 2.75) is 25.5 Å². The lowest BCUT2D eigenvalue weighted by Crippen LogP contribution is -2.16. The SMILES string of the molecule is CCOC(=O)c1n[nH]c(C2CC(O)CN2)n1. The minimum atomic E-state index is -0.538. The molecule has 0 spiro atoms. The van der Waals surface area contributed by atoms with Gasteiger partial charge in [0.15, 0.2) is 0 Å². The molecule has 1 aliphatic rings. The van der Waals surface area contributed by atoms with Crippen molar-refractivity contribution >= 4 is 5.97 Å². The molecule has 2 heterocycles. The van der Waals surface area contributed by atoms with Gasteiger partial charge < -0.3 is 15.2 Å². The van der Waals surface area contributed by atoms with Crippen LogP contribution in [-0.2, 0) is 4.74 Å². The van der Waals surface area contributed by atoms with Crippen molar-refractivity contribution in [1.29, 1.82) is 0 Å². The predicted molar refractivity (Wildman–Crippen MR) is 53.7 cm³/mol. The summed E-state index contributed by atoms with van der Waals surface area (Å²) >= 11 is 0. The zero-order valence-corrected chi connectivity index (χ0v) is 8.93. The monoisotopic (exact) mass is 226 g/mol.